The fraction of sp³-hybridized carbons (Fsp3) is 0.227. The second-order valence-corrected chi connectivity index (χ2v) is 6.86. The number of likely N-dealkylation sites (N-methyl/N-ethyl adjacent to an activating group) is 1. The molecular formula is C22H21FN2O2. The Balaban J connectivity index is 1.60. The van der Waals surface area contributed by atoms with Gasteiger partial charge in [0.1, 0.15) is 11.6 Å². The van der Waals surface area contributed by atoms with Gasteiger partial charge in [0.15, 0.2) is 5.76 Å². The fourth-order valence-electron chi connectivity index (χ4n) is 3.49. The Morgan fingerprint density at radius 2 is 1.74 bits per heavy atom. The van der Waals surface area contributed by atoms with Crippen LogP contribution in [-0.2, 0) is 0 Å². The minimum absolute atomic E-state index is 0.0168. The van der Waals surface area contributed by atoms with E-state index in [0.29, 0.717) is 18.1 Å². The Morgan fingerprint density at radius 3 is 2.48 bits per heavy atom. The highest BCUT2D eigenvalue weighted by molar-refractivity contribution is 5.92. The van der Waals surface area contributed by atoms with E-state index >= 15 is 0 Å². The van der Waals surface area contributed by atoms with Crippen molar-refractivity contribution >= 4 is 5.91 Å². The van der Waals surface area contributed by atoms with Crippen LogP contribution in [0.25, 0.3) is 11.3 Å². The molecule has 1 amide bonds. The van der Waals surface area contributed by atoms with Crippen LogP contribution in [0, 0.1) is 5.82 Å². The van der Waals surface area contributed by atoms with Crippen LogP contribution in [0.5, 0.6) is 0 Å². The largest absolute Gasteiger partial charge is 0.451 e. The van der Waals surface area contributed by atoms with Gasteiger partial charge in [-0.05, 0) is 49.0 Å². The number of piperazine rings is 1. The predicted octanol–water partition coefficient (Wildman–Crippen LogP) is 4.21. The van der Waals surface area contributed by atoms with Crippen molar-refractivity contribution in [3.8, 4) is 11.3 Å². The van der Waals surface area contributed by atoms with Gasteiger partial charge in [-0.1, -0.05) is 30.3 Å². The molecule has 5 heteroatoms. The molecule has 1 atom stereocenters. The highest BCUT2D eigenvalue weighted by Crippen LogP contribution is 2.29. The second-order valence-electron chi connectivity index (χ2n) is 6.86. The number of halogens is 1. The van der Waals surface area contributed by atoms with Crippen LogP contribution >= 0.6 is 0 Å². The van der Waals surface area contributed by atoms with Gasteiger partial charge in [-0.25, -0.2) is 4.39 Å². The van der Waals surface area contributed by atoms with Crippen molar-refractivity contribution in [1.82, 2.24) is 9.80 Å². The summed E-state index contributed by atoms with van der Waals surface area (Å²) in [7, 11) is 2.07. The van der Waals surface area contributed by atoms with E-state index < -0.39 is 0 Å². The molecule has 3 aromatic rings. The molecule has 0 N–H and O–H groups in total. The third kappa shape index (κ3) is 3.64. The SMILES string of the molecule is CN1CCN(C(=O)c2ccc(-c3ccc(F)cc3)o2)[C@H](c2ccccc2)C1. The smallest absolute Gasteiger partial charge is 0.290 e. The molecular weight excluding hydrogens is 343 g/mol. The quantitative estimate of drug-likeness (QED) is 0.698. The molecule has 4 rings (SSSR count). The summed E-state index contributed by atoms with van der Waals surface area (Å²) in [6.07, 6.45) is 0. The predicted molar refractivity (Wildman–Crippen MR) is 102 cm³/mol. The molecule has 0 unspecified atom stereocenters. The topological polar surface area (TPSA) is 36.7 Å². The molecule has 1 aliphatic heterocycles. The van der Waals surface area contributed by atoms with Gasteiger partial charge in [-0.15, -0.1) is 0 Å². The summed E-state index contributed by atoms with van der Waals surface area (Å²) in [5, 5.41) is 0. The lowest BCUT2D eigenvalue weighted by molar-refractivity contribution is 0.0468. The van der Waals surface area contributed by atoms with Crippen LogP contribution in [-0.4, -0.2) is 42.4 Å². The standard InChI is InChI=1S/C22H21FN2O2/c1-24-13-14-25(19(15-24)16-5-3-2-4-6-16)22(26)21-12-11-20(27-21)17-7-9-18(23)10-8-17/h2-12,19H,13-15H2,1H3/t19-/m0/s1. The molecule has 0 bridgehead atoms. The average molecular weight is 364 g/mol. The van der Waals surface area contributed by atoms with Crippen molar-refractivity contribution in [2.24, 2.45) is 0 Å². The summed E-state index contributed by atoms with van der Waals surface area (Å²) in [5.74, 6) is 0.443. The third-order valence-corrected chi connectivity index (χ3v) is 4.97. The first-order valence-electron chi connectivity index (χ1n) is 9.02. The van der Waals surface area contributed by atoms with E-state index in [-0.39, 0.29) is 17.8 Å². The highest BCUT2D eigenvalue weighted by atomic mass is 19.1. The monoisotopic (exact) mass is 364 g/mol. The lowest BCUT2D eigenvalue weighted by Crippen LogP contribution is -2.49. The summed E-state index contributed by atoms with van der Waals surface area (Å²) < 4.78 is 18.9. The van der Waals surface area contributed by atoms with E-state index in [4.69, 9.17) is 4.42 Å². The Hall–Kier alpha value is -2.92. The highest BCUT2D eigenvalue weighted by Gasteiger charge is 2.32. The number of amides is 1. The van der Waals surface area contributed by atoms with Gasteiger partial charge >= 0.3 is 0 Å². The second kappa shape index (κ2) is 7.37. The Bertz CT molecular complexity index is 921. The fourth-order valence-corrected chi connectivity index (χ4v) is 3.49. The molecule has 1 fully saturated rings. The van der Waals surface area contributed by atoms with E-state index in [1.54, 1.807) is 24.3 Å². The first kappa shape index (κ1) is 17.5. The number of carbonyl (C=O) groups is 1. The molecule has 0 saturated carbocycles. The summed E-state index contributed by atoms with van der Waals surface area (Å²) >= 11 is 0. The van der Waals surface area contributed by atoms with E-state index in [9.17, 15) is 9.18 Å². The van der Waals surface area contributed by atoms with Crippen LogP contribution in [0.4, 0.5) is 4.39 Å². The van der Waals surface area contributed by atoms with Gasteiger partial charge in [-0.3, -0.25) is 4.79 Å². The van der Waals surface area contributed by atoms with Crippen LogP contribution in [0.3, 0.4) is 0 Å². The number of benzene rings is 2. The maximum Gasteiger partial charge on any atom is 0.290 e. The van der Waals surface area contributed by atoms with Crippen molar-refractivity contribution in [2.75, 3.05) is 26.7 Å². The molecule has 1 saturated heterocycles. The summed E-state index contributed by atoms with van der Waals surface area (Å²) in [6, 6.07) is 19.5. The zero-order chi connectivity index (χ0) is 18.8. The summed E-state index contributed by atoms with van der Waals surface area (Å²) in [6.45, 7) is 2.24. The van der Waals surface area contributed by atoms with Gasteiger partial charge in [0.2, 0.25) is 0 Å². The van der Waals surface area contributed by atoms with Crippen molar-refractivity contribution in [2.45, 2.75) is 6.04 Å². The van der Waals surface area contributed by atoms with Crippen LogP contribution in [0.1, 0.15) is 22.2 Å². The van der Waals surface area contributed by atoms with Crippen molar-refractivity contribution < 1.29 is 13.6 Å². The minimum Gasteiger partial charge on any atom is -0.451 e. The number of furan rings is 1. The van der Waals surface area contributed by atoms with Crippen LogP contribution in [0.2, 0.25) is 0 Å². The first-order chi connectivity index (χ1) is 13.1. The normalized spacial score (nSPS) is 17.9. The summed E-state index contributed by atoms with van der Waals surface area (Å²) in [4.78, 5) is 17.2. The molecule has 138 valence electrons. The maximum atomic E-state index is 13.1. The number of nitrogens with zero attached hydrogens (tertiary/aromatic N) is 2. The molecule has 2 heterocycles. The molecule has 0 radical (unpaired) electrons. The van der Waals surface area contributed by atoms with E-state index in [0.717, 1.165) is 24.2 Å². The zero-order valence-corrected chi connectivity index (χ0v) is 15.1. The molecule has 2 aromatic carbocycles. The minimum atomic E-state index is -0.301. The molecule has 1 aliphatic rings. The molecule has 4 nitrogen and oxygen atoms in total. The molecule has 1 aromatic heterocycles. The Kier molecular flexibility index (Phi) is 4.77. The van der Waals surface area contributed by atoms with Gasteiger partial charge < -0.3 is 14.2 Å². The van der Waals surface area contributed by atoms with Crippen molar-refractivity contribution in [1.29, 1.82) is 0 Å². The average Bonchev–Trinajstić information content (AvgIpc) is 3.19. The van der Waals surface area contributed by atoms with E-state index in [1.165, 1.54) is 12.1 Å². The summed E-state index contributed by atoms with van der Waals surface area (Å²) in [5.41, 5.74) is 1.86. The van der Waals surface area contributed by atoms with Crippen LogP contribution < -0.4 is 0 Å². The van der Waals surface area contributed by atoms with Gasteiger partial charge in [0.25, 0.3) is 5.91 Å². The van der Waals surface area contributed by atoms with E-state index in [2.05, 4.69) is 24.1 Å². The Morgan fingerprint density at radius 1 is 1.00 bits per heavy atom. The number of hydrogen-bond donors (Lipinski definition) is 0. The molecule has 0 spiro atoms. The van der Waals surface area contributed by atoms with Gasteiger partial charge in [-0.2, -0.15) is 0 Å². The molecule has 0 aliphatic carbocycles. The number of rotatable bonds is 3. The number of hydrogen-bond acceptors (Lipinski definition) is 3. The van der Waals surface area contributed by atoms with Crippen molar-refractivity contribution in [3.05, 3.63) is 83.9 Å². The lowest BCUT2D eigenvalue weighted by Gasteiger charge is -2.40. The third-order valence-electron chi connectivity index (χ3n) is 4.97. The Labute approximate surface area is 157 Å². The van der Waals surface area contributed by atoms with Crippen LogP contribution in [0.15, 0.2) is 71.1 Å². The number of carbonyl (C=O) groups excluding carboxylic acids is 1. The van der Waals surface area contributed by atoms with Crippen molar-refractivity contribution in [3.63, 3.8) is 0 Å². The maximum absolute atomic E-state index is 13.1. The molecule has 27 heavy (non-hydrogen) atoms. The van der Waals surface area contributed by atoms with E-state index in [1.807, 2.05) is 23.1 Å². The lowest BCUT2D eigenvalue weighted by atomic mass is 10.0. The van der Waals surface area contributed by atoms with Gasteiger partial charge in [0, 0.05) is 25.2 Å². The van der Waals surface area contributed by atoms with Gasteiger partial charge in [0.05, 0.1) is 6.04 Å². The zero-order valence-electron chi connectivity index (χ0n) is 15.1. The first-order valence-corrected chi connectivity index (χ1v) is 9.02.